The first-order valence-corrected chi connectivity index (χ1v) is 9.74. The van der Waals surface area contributed by atoms with Crippen LogP contribution in [-0.2, 0) is 9.84 Å². The molecule has 1 aliphatic rings. The van der Waals surface area contributed by atoms with Crippen LogP contribution < -0.4 is 0 Å². The number of hydrogen-bond donors (Lipinski definition) is 2. The minimum atomic E-state index is -3.64. The molecule has 4 nitrogen and oxygen atoms in total. The molecule has 3 rings (SSSR count). The predicted octanol–water partition coefficient (Wildman–Crippen LogP) is 3.63. The smallest absolute Gasteiger partial charge is 0.187 e. The Bertz CT molecular complexity index is 780. The third kappa shape index (κ3) is 2.38. The van der Waals surface area contributed by atoms with Crippen LogP contribution in [0.15, 0.2) is 58.3 Å². The summed E-state index contributed by atoms with van der Waals surface area (Å²) in [6, 6.07) is 13.3. The molecule has 2 aromatic carbocycles. The van der Waals surface area contributed by atoms with Crippen molar-refractivity contribution < 1.29 is 17.5 Å². The molecule has 0 saturated carbocycles. The predicted molar refractivity (Wildman–Crippen MR) is 83.5 cm³/mol. The van der Waals surface area contributed by atoms with Gasteiger partial charge >= 0.3 is 0 Å². The van der Waals surface area contributed by atoms with Gasteiger partial charge in [0.2, 0.25) is 0 Å². The van der Waals surface area contributed by atoms with Crippen LogP contribution in [-0.4, -0.2) is 23.3 Å². The molecule has 21 heavy (non-hydrogen) atoms. The van der Waals surface area contributed by atoms with Gasteiger partial charge in [-0.15, -0.1) is 0 Å². The second kappa shape index (κ2) is 4.84. The molecule has 0 saturated heterocycles. The number of aryl methyl sites for hydroxylation is 1. The van der Waals surface area contributed by atoms with Crippen LogP contribution in [0.1, 0.15) is 16.4 Å². The maximum Gasteiger partial charge on any atom is 0.187 e. The Morgan fingerprint density at radius 1 is 1.05 bits per heavy atom. The number of benzene rings is 2. The fourth-order valence-corrected chi connectivity index (χ4v) is 6.99. The molecule has 0 spiro atoms. The van der Waals surface area contributed by atoms with Crippen molar-refractivity contribution in [3.63, 3.8) is 0 Å². The monoisotopic (exact) mass is 324 g/mol. The van der Waals surface area contributed by atoms with E-state index in [1.165, 1.54) is 0 Å². The first-order valence-electron chi connectivity index (χ1n) is 6.48. The highest BCUT2D eigenvalue weighted by Crippen LogP contribution is 2.61. The highest BCUT2D eigenvalue weighted by Gasteiger charge is 2.42. The molecular formula is C15H16O4S2. The SMILES string of the molecule is Cc1ccc(S(=O)(=O)C2CS(O)(O)c3ccccc32)cc1. The Morgan fingerprint density at radius 3 is 2.33 bits per heavy atom. The number of hydrogen-bond acceptors (Lipinski definition) is 4. The van der Waals surface area contributed by atoms with Gasteiger partial charge in [0.05, 0.1) is 15.5 Å². The van der Waals surface area contributed by atoms with Crippen LogP contribution in [0.4, 0.5) is 0 Å². The van der Waals surface area contributed by atoms with Crippen LogP contribution in [0.25, 0.3) is 0 Å². The Balaban J connectivity index is 2.11. The van der Waals surface area contributed by atoms with Gasteiger partial charge < -0.3 is 0 Å². The Morgan fingerprint density at radius 2 is 1.67 bits per heavy atom. The summed E-state index contributed by atoms with van der Waals surface area (Å²) in [7, 11) is -6.67. The lowest BCUT2D eigenvalue weighted by atomic mass is 10.2. The van der Waals surface area contributed by atoms with Crippen molar-refractivity contribution in [1.29, 1.82) is 0 Å². The van der Waals surface area contributed by atoms with E-state index in [2.05, 4.69) is 0 Å². The highest BCUT2D eigenvalue weighted by atomic mass is 32.3. The van der Waals surface area contributed by atoms with Crippen molar-refractivity contribution in [3.8, 4) is 0 Å². The molecule has 1 atom stereocenters. The zero-order chi connectivity index (χ0) is 15.3. The standard InChI is InChI=1S/C15H16O4S2/c1-11-6-8-12(9-7-11)21(18,19)15-10-20(16,17)14-5-3-2-4-13(14)15/h2-9,15-17H,10H2,1H3. The van der Waals surface area contributed by atoms with E-state index in [9.17, 15) is 17.5 Å². The molecule has 2 aromatic rings. The maximum absolute atomic E-state index is 12.8. The molecule has 0 bridgehead atoms. The third-order valence-electron chi connectivity index (χ3n) is 3.73. The molecule has 1 heterocycles. The summed E-state index contributed by atoms with van der Waals surface area (Å²) >= 11 is 0. The van der Waals surface area contributed by atoms with E-state index in [1.54, 1.807) is 48.5 Å². The quantitative estimate of drug-likeness (QED) is 0.884. The molecule has 112 valence electrons. The van der Waals surface area contributed by atoms with E-state index >= 15 is 0 Å². The van der Waals surface area contributed by atoms with Crippen LogP contribution >= 0.6 is 10.6 Å². The first kappa shape index (κ1) is 14.6. The average Bonchev–Trinajstić information content (AvgIpc) is 2.73. The van der Waals surface area contributed by atoms with E-state index in [-0.39, 0.29) is 10.6 Å². The second-order valence-electron chi connectivity index (χ2n) is 5.22. The normalized spacial score (nSPS) is 21.8. The fraction of sp³-hybridized carbons (Fsp3) is 0.200. The molecule has 0 aliphatic carbocycles. The Hall–Kier alpha value is -1.34. The first-order chi connectivity index (χ1) is 9.82. The van der Waals surface area contributed by atoms with Crippen LogP contribution in [0, 0.1) is 6.92 Å². The summed E-state index contributed by atoms with van der Waals surface area (Å²) in [6.07, 6.45) is 0. The minimum Gasteiger partial charge on any atom is -0.295 e. The summed E-state index contributed by atoms with van der Waals surface area (Å²) in [5.74, 6) is -0.164. The fourth-order valence-electron chi connectivity index (χ4n) is 2.58. The number of rotatable bonds is 2. The third-order valence-corrected chi connectivity index (χ3v) is 7.91. The van der Waals surface area contributed by atoms with Crippen molar-refractivity contribution in [2.24, 2.45) is 0 Å². The highest BCUT2D eigenvalue weighted by molar-refractivity contribution is 8.25. The zero-order valence-corrected chi connectivity index (χ0v) is 13.1. The van der Waals surface area contributed by atoms with Gasteiger partial charge in [-0.1, -0.05) is 35.9 Å². The second-order valence-corrected chi connectivity index (χ2v) is 9.46. The minimum absolute atomic E-state index is 0.164. The number of sulfone groups is 1. The van der Waals surface area contributed by atoms with Crippen LogP contribution in [0.3, 0.4) is 0 Å². The molecule has 1 unspecified atom stereocenters. The summed E-state index contributed by atoms with van der Waals surface area (Å²) in [6.45, 7) is 1.89. The van der Waals surface area contributed by atoms with Gasteiger partial charge in [0.1, 0.15) is 5.25 Å². The van der Waals surface area contributed by atoms with Gasteiger partial charge in [-0.2, -0.15) is 10.6 Å². The lowest BCUT2D eigenvalue weighted by molar-refractivity contribution is 0.491. The summed E-state index contributed by atoms with van der Waals surface area (Å²) in [5, 5.41) is -0.901. The van der Waals surface area contributed by atoms with E-state index < -0.39 is 25.7 Å². The van der Waals surface area contributed by atoms with Gasteiger partial charge in [0, 0.05) is 0 Å². The Kier molecular flexibility index (Phi) is 3.37. The van der Waals surface area contributed by atoms with Crippen molar-refractivity contribution in [2.75, 3.05) is 5.75 Å². The van der Waals surface area contributed by atoms with Gasteiger partial charge in [-0.05, 0) is 30.7 Å². The summed E-state index contributed by atoms with van der Waals surface area (Å²) in [5.41, 5.74) is 1.48. The van der Waals surface area contributed by atoms with E-state index in [0.717, 1.165) is 5.56 Å². The molecule has 6 heteroatoms. The van der Waals surface area contributed by atoms with Crippen molar-refractivity contribution >= 4 is 20.4 Å². The molecule has 1 aliphatic heterocycles. The van der Waals surface area contributed by atoms with E-state index in [1.807, 2.05) is 6.92 Å². The van der Waals surface area contributed by atoms with E-state index in [4.69, 9.17) is 0 Å². The summed E-state index contributed by atoms with van der Waals surface area (Å²) in [4.78, 5) is 0.565. The van der Waals surface area contributed by atoms with Gasteiger partial charge in [-0.25, -0.2) is 8.42 Å². The van der Waals surface area contributed by atoms with Gasteiger partial charge in [0.15, 0.2) is 9.84 Å². The summed E-state index contributed by atoms with van der Waals surface area (Å²) < 4.78 is 45.9. The van der Waals surface area contributed by atoms with E-state index in [0.29, 0.717) is 10.5 Å². The number of fused-ring (bicyclic) bond motifs is 1. The molecule has 0 aromatic heterocycles. The van der Waals surface area contributed by atoms with Crippen LogP contribution in [0.2, 0.25) is 0 Å². The van der Waals surface area contributed by atoms with Crippen molar-refractivity contribution in [3.05, 3.63) is 59.7 Å². The lowest BCUT2D eigenvalue weighted by Gasteiger charge is -2.27. The average molecular weight is 324 g/mol. The lowest BCUT2D eigenvalue weighted by Crippen LogP contribution is -2.15. The molecule has 2 N–H and O–H groups in total. The molecular weight excluding hydrogens is 308 g/mol. The van der Waals surface area contributed by atoms with Crippen molar-refractivity contribution in [2.45, 2.75) is 22.0 Å². The molecule has 0 fully saturated rings. The maximum atomic E-state index is 12.8. The van der Waals surface area contributed by atoms with Crippen molar-refractivity contribution in [1.82, 2.24) is 0 Å². The topological polar surface area (TPSA) is 74.6 Å². The molecule has 0 amide bonds. The Labute approximate surface area is 125 Å². The van der Waals surface area contributed by atoms with Crippen LogP contribution in [0.5, 0.6) is 0 Å². The zero-order valence-electron chi connectivity index (χ0n) is 11.4. The largest absolute Gasteiger partial charge is 0.295 e. The van der Waals surface area contributed by atoms with Gasteiger partial charge in [0.25, 0.3) is 0 Å². The van der Waals surface area contributed by atoms with Gasteiger partial charge in [-0.3, -0.25) is 9.11 Å². The molecule has 0 radical (unpaired) electrons.